The zero-order valence-corrected chi connectivity index (χ0v) is 10.7. The molecule has 0 aromatic heterocycles. The van der Waals surface area contributed by atoms with Gasteiger partial charge in [0, 0.05) is 51.6 Å². The number of nitrogens with zero attached hydrogens (tertiary/aromatic N) is 2. The number of hydrogen-bond acceptors (Lipinski definition) is 3. The standard InChI is InChI=1S/C14H24N2O/c17-14-3-1-2-13(10-14)16-8-6-15(7-9-16)11-12-4-5-12/h12-13H,1-11H2. The zero-order chi connectivity index (χ0) is 11.7. The predicted molar refractivity (Wildman–Crippen MR) is 68.0 cm³/mol. The lowest BCUT2D eigenvalue weighted by molar-refractivity contribution is -0.122. The SMILES string of the molecule is O=C1CCCC(N2CCN(CC3CC3)CC2)C1. The van der Waals surface area contributed by atoms with E-state index in [2.05, 4.69) is 9.80 Å². The van der Waals surface area contributed by atoms with Gasteiger partial charge in [0.05, 0.1) is 0 Å². The second kappa shape index (κ2) is 5.07. The van der Waals surface area contributed by atoms with Crippen molar-refractivity contribution in [2.45, 2.75) is 44.6 Å². The van der Waals surface area contributed by atoms with E-state index < -0.39 is 0 Å². The number of piperazine rings is 1. The van der Waals surface area contributed by atoms with Crippen LogP contribution in [0, 0.1) is 5.92 Å². The third-order valence-electron chi connectivity index (χ3n) is 4.59. The van der Waals surface area contributed by atoms with Crippen molar-refractivity contribution in [3.05, 3.63) is 0 Å². The zero-order valence-electron chi connectivity index (χ0n) is 10.7. The lowest BCUT2D eigenvalue weighted by atomic mass is 9.92. The number of hydrogen-bond donors (Lipinski definition) is 0. The molecule has 17 heavy (non-hydrogen) atoms. The maximum Gasteiger partial charge on any atom is 0.134 e. The minimum atomic E-state index is 0.488. The minimum absolute atomic E-state index is 0.488. The molecule has 0 spiro atoms. The van der Waals surface area contributed by atoms with E-state index in [9.17, 15) is 4.79 Å². The Labute approximate surface area is 104 Å². The first kappa shape index (κ1) is 11.7. The van der Waals surface area contributed by atoms with E-state index in [1.165, 1.54) is 52.0 Å². The van der Waals surface area contributed by atoms with Crippen molar-refractivity contribution in [2.24, 2.45) is 5.92 Å². The predicted octanol–water partition coefficient (Wildman–Crippen LogP) is 1.53. The monoisotopic (exact) mass is 236 g/mol. The first-order valence-electron chi connectivity index (χ1n) is 7.29. The molecule has 3 fully saturated rings. The number of carbonyl (C=O) groups excluding carboxylic acids is 1. The molecule has 0 radical (unpaired) electrons. The Kier molecular flexibility index (Phi) is 3.48. The summed E-state index contributed by atoms with van der Waals surface area (Å²) in [6, 6.07) is 0.569. The lowest BCUT2D eigenvalue weighted by Gasteiger charge is -2.40. The molecular formula is C14H24N2O. The van der Waals surface area contributed by atoms with Crippen LogP contribution in [0.2, 0.25) is 0 Å². The van der Waals surface area contributed by atoms with Gasteiger partial charge in [-0.3, -0.25) is 9.69 Å². The summed E-state index contributed by atoms with van der Waals surface area (Å²) in [7, 11) is 0. The molecular weight excluding hydrogens is 212 g/mol. The lowest BCUT2D eigenvalue weighted by Crippen LogP contribution is -2.51. The van der Waals surface area contributed by atoms with Crippen LogP contribution in [0.25, 0.3) is 0 Å². The van der Waals surface area contributed by atoms with Crippen LogP contribution in [0.1, 0.15) is 38.5 Å². The summed E-state index contributed by atoms with van der Waals surface area (Å²) in [6.07, 6.45) is 6.93. The third kappa shape index (κ3) is 3.08. The second-order valence-corrected chi connectivity index (χ2v) is 6.07. The van der Waals surface area contributed by atoms with Crippen molar-refractivity contribution < 1.29 is 4.79 Å². The van der Waals surface area contributed by atoms with E-state index in [-0.39, 0.29) is 0 Å². The largest absolute Gasteiger partial charge is 0.301 e. The Morgan fingerprint density at radius 2 is 1.82 bits per heavy atom. The van der Waals surface area contributed by atoms with Crippen LogP contribution in [0.5, 0.6) is 0 Å². The van der Waals surface area contributed by atoms with Crippen molar-refractivity contribution in [3.63, 3.8) is 0 Å². The number of Topliss-reactive ketones (excluding diaryl/α,β-unsaturated/α-hetero) is 1. The summed E-state index contributed by atoms with van der Waals surface area (Å²) in [5, 5.41) is 0. The van der Waals surface area contributed by atoms with Crippen LogP contribution in [-0.4, -0.2) is 54.3 Å². The molecule has 0 aromatic carbocycles. The van der Waals surface area contributed by atoms with Gasteiger partial charge in [0.1, 0.15) is 5.78 Å². The highest BCUT2D eigenvalue weighted by Gasteiger charge is 2.30. The number of rotatable bonds is 3. The van der Waals surface area contributed by atoms with Gasteiger partial charge in [-0.15, -0.1) is 0 Å². The highest BCUT2D eigenvalue weighted by atomic mass is 16.1. The van der Waals surface area contributed by atoms with Gasteiger partial charge in [0.25, 0.3) is 0 Å². The maximum absolute atomic E-state index is 11.5. The van der Waals surface area contributed by atoms with Crippen molar-refractivity contribution >= 4 is 5.78 Å². The second-order valence-electron chi connectivity index (χ2n) is 6.07. The average molecular weight is 236 g/mol. The summed E-state index contributed by atoms with van der Waals surface area (Å²) < 4.78 is 0. The molecule has 2 saturated carbocycles. The minimum Gasteiger partial charge on any atom is -0.301 e. The van der Waals surface area contributed by atoms with Crippen molar-refractivity contribution in [1.29, 1.82) is 0 Å². The van der Waals surface area contributed by atoms with Gasteiger partial charge in [-0.2, -0.15) is 0 Å². The van der Waals surface area contributed by atoms with Gasteiger partial charge in [-0.05, 0) is 31.6 Å². The molecule has 3 rings (SSSR count). The Bertz CT molecular complexity index is 280. The van der Waals surface area contributed by atoms with Crippen LogP contribution >= 0.6 is 0 Å². The van der Waals surface area contributed by atoms with Gasteiger partial charge in [-0.25, -0.2) is 0 Å². The fourth-order valence-electron chi connectivity index (χ4n) is 3.29. The highest BCUT2D eigenvalue weighted by Crippen LogP contribution is 2.30. The van der Waals surface area contributed by atoms with E-state index in [1.54, 1.807) is 0 Å². The molecule has 2 aliphatic carbocycles. The Hall–Kier alpha value is -0.410. The molecule has 0 N–H and O–H groups in total. The maximum atomic E-state index is 11.5. The number of carbonyl (C=O) groups is 1. The van der Waals surface area contributed by atoms with Crippen molar-refractivity contribution in [2.75, 3.05) is 32.7 Å². The average Bonchev–Trinajstić information content (AvgIpc) is 3.14. The first-order chi connectivity index (χ1) is 8.31. The molecule has 0 aromatic rings. The molecule has 3 heteroatoms. The van der Waals surface area contributed by atoms with Crippen LogP contribution in [0.15, 0.2) is 0 Å². The van der Waals surface area contributed by atoms with Crippen molar-refractivity contribution in [1.82, 2.24) is 9.80 Å². The topological polar surface area (TPSA) is 23.6 Å². The van der Waals surface area contributed by atoms with Gasteiger partial charge >= 0.3 is 0 Å². The third-order valence-corrected chi connectivity index (χ3v) is 4.59. The van der Waals surface area contributed by atoms with Crippen LogP contribution in [0.3, 0.4) is 0 Å². The molecule has 1 aliphatic heterocycles. The molecule has 1 unspecified atom stereocenters. The van der Waals surface area contributed by atoms with Gasteiger partial charge in [0.2, 0.25) is 0 Å². The number of ketones is 1. The molecule has 0 bridgehead atoms. The molecule has 96 valence electrons. The summed E-state index contributed by atoms with van der Waals surface area (Å²) in [4.78, 5) is 16.7. The summed E-state index contributed by atoms with van der Waals surface area (Å²) in [5.41, 5.74) is 0. The van der Waals surface area contributed by atoms with E-state index in [1.807, 2.05) is 0 Å². The molecule has 3 nitrogen and oxygen atoms in total. The fourth-order valence-corrected chi connectivity index (χ4v) is 3.29. The van der Waals surface area contributed by atoms with Crippen molar-refractivity contribution in [3.8, 4) is 0 Å². The smallest absolute Gasteiger partial charge is 0.134 e. The Morgan fingerprint density at radius 1 is 1.06 bits per heavy atom. The van der Waals surface area contributed by atoms with E-state index in [0.29, 0.717) is 11.8 Å². The Balaban J connectivity index is 1.45. The quantitative estimate of drug-likeness (QED) is 0.742. The van der Waals surface area contributed by atoms with Gasteiger partial charge in [0.15, 0.2) is 0 Å². The first-order valence-corrected chi connectivity index (χ1v) is 7.29. The summed E-state index contributed by atoms with van der Waals surface area (Å²) >= 11 is 0. The highest BCUT2D eigenvalue weighted by molar-refractivity contribution is 5.79. The van der Waals surface area contributed by atoms with E-state index in [4.69, 9.17) is 0 Å². The van der Waals surface area contributed by atoms with Crippen LogP contribution in [-0.2, 0) is 4.79 Å². The van der Waals surface area contributed by atoms with E-state index in [0.717, 1.165) is 25.2 Å². The molecule has 1 atom stereocenters. The molecule has 1 heterocycles. The molecule has 3 aliphatic rings. The molecule has 1 saturated heterocycles. The van der Waals surface area contributed by atoms with Crippen LogP contribution in [0.4, 0.5) is 0 Å². The Morgan fingerprint density at radius 3 is 2.47 bits per heavy atom. The van der Waals surface area contributed by atoms with Gasteiger partial charge in [-0.1, -0.05) is 0 Å². The van der Waals surface area contributed by atoms with E-state index >= 15 is 0 Å². The van der Waals surface area contributed by atoms with Gasteiger partial charge < -0.3 is 4.90 Å². The normalized spacial score (nSPS) is 32.9. The summed E-state index contributed by atoms with van der Waals surface area (Å²) in [6.45, 7) is 6.15. The fraction of sp³-hybridized carbons (Fsp3) is 0.929. The molecule has 0 amide bonds. The van der Waals surface area contributed by atoms with Crippen LogP contribution < -0.4 is 0 Å². The summed E-state index contributed by atoms with van der Waals surface area (Å²) in [5.74, 6) is 1.50.